The van der Waals surface area contributed by atoms with E-state index in [2.05, 4.69) is 20.4 Å². The van der Waals surface area contributed by atoms with Gasteiger partial charge in [0.2, 0.25) is 11.8 Å². The van der Waals surface area contributed by atoms with Crippen LogP contribution in [0.2, 0.25) is 0 Å². The molecule has 146 valence electrons. The van der Waals surface area contributed by atoms with Gasteiger partial charge in [0.05, 0.1) is 17.7 Å². The number of nitrogens with one attached hydrogen (secondary N) is 1. The third-order valence-electron chi connectivity index (χ3n) is 3.69. The molecule has 2 aromatic heterocycles. The number of halogens is 4. The van der Waals surface area contributed by atoms with Gasteiger partial charge in [-0.1, -0.05) is 17.3 Å². The Morgan fingerprint density at radius 3 is 2.46 bits per heavy atom. The van der Waals surface area contributed by atoms with Crippen LogP contribution in [0.1, 0.15) is 27.9 Å². The van der Waals surface area contributed by atoms with Gasteiger partial charge in [0, 0.05) is 11.8 Å². The van der Waals surface area contributed by atoms with Gasteiger partial charge in [-0.15, -0.1) is 0 Å². The summed E-state index contributed by atoms with van der Waals surface area (Å²) in [4.78, 5) is 19.5. The molecule has 0 fully saturated rings. The minimum atomic E-state index is -4.47. The van der Waals surface area contributed by atoms with Crippen molar-refractivity contribution in [2.75, 3.05) is 6.61 Å². The average molecular weight is 396 g/mol. The molecule has 28 heavy (non-hydrogen) atoms. The molecular formula is C17H12F4N4O3. The van der Waals surface area contributed by atoms with Crippen molar-refractivity contribution in [3.63, 3.8) is 0 Å². The number of alkyl halides is 3. The van der Waals surface area contributed by atoms with E-state index in [1.165, 1.54) is 18.2 Å². The van der Waals surface area contributed by atoms with Crippen LogP contribution in [-0.4, -0.2) is 32.7 Å². The van der Waals surface area contributed by atoms with E-state index in [1.807, 2.05) is 0 Å². The molecule has 3 aromatic rings. The summed E-state index contributed by atoms with van der Waals surface area (Å²) in [5, 5.41) is 15.5. The van der Waals surface area contributed by atoms with Crippen molar-refractivity contribution in [2.45, 2.75) is 12.2 Å². The second-order valence-corrected chi connectivity index (χ2v) is 5.61. The van der Waals surface area contributed by atoms with Crippen LogP contribution in [-0.2, 0) is 6.18 Å². The van der Waals surface area contributed by atoms with Crippen molar-refractivity contribution in [2.24, 2.45) is 0 Å². The Kier molecular flexibility index (Phi) is 5.36. The summed E-state index contributed by atoms with van der Waals surface area (Å²) in [5.74, 6) is -1.59. The molecule has 0 radical (unpaired) electrons. The monoisotopic (exact) mass is 396 g/mol. The van der Waals surface area contributed by atoms with E-state index >= 15 is 0 Å². The number of aliphatic hydroxyl groups excluding tert-OH is 1. The van der Waals surface area contributed by atoms with Crippen molar-refractivity contribution in [1.29, 1.82) is 0 Å². The Morgan fingerprint density at radius 1 is 1.18 bits per heavy atom. The number of carbonyl (C=O) groups excluding carboxylic acids is 1. The summed E-state index contributed by atoms with van der Waals surface area (Å²) >= 11 is 0. The predicted octanol–water partition coefficient (Wildman–Crippen LogP) is 2.75. The van der Waals surface area contributed by atoms with E-state index < -0.39 is 36.2 Å². The Bertz CT molecular complexity index is 956. The third-order valence-corrected chi connectivity index (χ3v) is 3.69. The van der Waals surface area contributed by atoms with E-state index in [0.717, 1.165) is 24.4 Å². The topological polar surface area (TPSA) is 101 Å². The van der Waals surface area contributed by atoms with Gasteiger partial charge in [-0.05, 0) is 24.3 Å². The molecule has 0 aliphatic heterocycles. The number of rotatable bonds is 5. The smallest absolute Gasteiger partial charge is 0.394 e. The Morgan fingerprint density at radius 2 is 1.89 bits per heavy atom. The van der Waals surface area contributed by atoms with Crippen molar-refractivity contribution in [1.82, 2.24) is 20.4 Å². The molecule has 1 amide bonds. The standard InChI is InChI=1S/C17H12F4N4O3/c18-13-6-3-10(7-22-13)15(27)23-12(8-26)16-24-14(25-28-16)9-1-4-11(5-2-9)17(19,20)21/h1-7,12,26H,8H2,(H,23,27)/t12-/m0/s1. The van der Waals surface area contributed by atoms with Crippen molar-refractivity contribution in [3.8, 4) is 11.4 Å². The van der Waals surface area contributed by atoms with E-state index in [-0.39, 0.29) is 22.8 Å². The van der Waals surface area contributed by atoms with Gasteiger partial charge in [0.15, 0.2) is 0 Å². The number of aliphatic hydroxyl groups is 1. The number of pyridine rings is 1. The molecule has 0 aliphatic rings. The van der Waals surface area contributed by atoms with Crippen molar-refractivity contribution in [3.05, 3.63) is 65.6 Å². The molecule has 0 saturated heterocycles. The molecule has 7 nitrogen and oxygen atoms in total. The number of amides is 1. The van der Waals surface area contributed by atoms with Gasteiger partial charge >= 0.3 is 6.18 Å². The molecule has 2 heterocycles. The minimum Gasteiger partial charge on any atom is -0.394 e. The molecule has 0 bridgehead atoms. The lowest BCUT2D eigenvalue weighted by Crippen LogP contribution is -2.31. The number of aromatic nitrogens is 3. The van der Waals surface area contributed by atoms with Gasteiger partial charge in [0.25, 0.3) is 11.8 Å². The molecule has 1 atom stereocenters. The summed E-state index contributed by atoms with van der Waals surface area (Å²) < 4.78 is 55.7. The van der Waals surface area contributed by atoms with Crippen LogP contribution in [0, 0.1) is 5.95 Å². The molecule has 0 saturated carbocycles. The molecule has 1 aromatic carbocycles. The largest absolute Gasteiger partial charge is 0.416 e. The molecule has 11 heteroatoms. The SMILES string of the molecule is O=C(N[C@@H](CO)c1nc(-c2ccc(C(F)(F)F)cc2)no1)c1ccc(F)nc1. The second-order valence-electron chi connectivity index (χ2n) is 5.61. The van der Waals surface area contributed by atoms with Gasteiger partial charge < -0.3 is 14.9 Å². The van der Waals surface area contributed by atoms with E-state index in [1.54, 1.807) is 0 Å². The first-order valence-corrected chi connectivity index (χ1v) is 7.82. The Labute approximate surface area is 155 Å². The zero-order valence-electron chi connectivity index (χ0n) is 13.9. The van der Waals surface area contributed by atoms with Crippen LogP contribution in [0.3, 0.4) is 0 Å². The fourth-order valence-electron chi connectivity index (χ4n) is 2.24. The van der Waals surface area contributed by atoms with Crippen molar-refractivity contribution >= 4 is 5.91 Å². The average Bonchev–Trinajstić information content (AvgIpc) is 3.16. The summed E-state index contributed by atoms with van der Waals surface area (Å²) in [6.45, 7) is -0.588. The van der Waals surface area contributed by atoms with E-state index in [4.69, 9.17) is 4.52 Å². The fourth-order valence-corrected chi connectivity index (χ4v) is 2.24. The lowest BCUT2D eigenvalue weighted by molar-refractivity contribution is -0.137. The Balaban J connectivity index is 1.75. The zero-order chi connectivity index (χ0) is 20.3. The number of hydrogen-bond donors (Lipinski definition) is 2. The molecule has 2 N–H and O–H groups in total. The number of nitrogens with zero attached hydrogens (tertiary/aromatic N) is 3. The first-order chi connectivity index (χ1) is 13.3. The highest BCUT2D eigenvalue weighted by molar-refractivity contribution is 5.94. The van der Waals surface area contributed by atoms with E-state index in [0.29, 0.717) is 0 Å². The fraction of sp³-hybridized carbons (Fsp3) is 0.176. The first-order valence-electron chi connectivity index (χ1n) is 7.82. The number of hydrogen-bond acceptors (Lipinski definition) is 6. The maximum Gasteiger partial charge on any atom is 0.416 e. The van der Waals surface area contributed by atoms with Gasteiger partial charge in [-0.2, -0.15) is 22.5 Å². The maximum atomic E-state index is 12.8. The minimum absolute atomic E-state index is 0.0140. The first kappa shape index (κ1) is 19.4. The number of carbonyl (C=O) groups is 1. The lowest BCUT2D eigenvalue weighted by atomic mass is 10.1. The lowest BCUT2D eigenvalue weighted by Gasteiger charge is -2.11. The van der Waals surface area contributed by atoms with Gasteiger partial charge in [0.1, 0.15) is 6.04 Å². The van der Waals surface area contributed by atoms with Crippen molar-refractivity contribution < 1.29 is 32.0 Å². The molecular weight excluding hydrogens is 384 g/mol. The normalized spacial score (nSPS) is 12.6. The Hall–Kier alpha value is -3.34. The zero-order valence-corrected chi connectivity index (χ0v) is 13.9. The third kappa shape index (κ3) is 4.31. The van der Waals surface area contributed by atoms with Crippen LogP contribution in [0.25, 0.3) is 11.4 Å². The predicted molar refractivity (Wildman–Crippen MR) is 86.2 cm³/mol. The van der Waals surface area contributed by atoms with E-state index in [9.17, 15) is 27.5 Å². The van der Waals surface area contributed by atoms with Crippen LogP contribution < -0.4 is 5.32 Å². The summed E-state index contributed by atoms with van der Waals surface area (Å²) in [6, 6.07) is 5.22. The van der Waals surface area contributed by atoms with Crippen LogP contribution in [0.15, 0.2) is 47.1 Å². The molecule has 0 spiro atoms. The van der Waals surface area contributed by atoms with Crippen LogP contribution in [0.5, 0.6) is 0 Å². The van der Waals surface area contributed by atoms with Gasteiger partial charge in [-0.25, -0.2) is 4.98 Å². The molecule has 3 rings (SSSR count). The summed E-state index contributed by atoms with van der Waals surface area (Å²) in [7, 11) is 0. The number of benzene rings is 1. The second kappa shape index (κ2) is 7.72. The quantitative estimate of drug-likeness (QED) is 0.508. The molecule has 0 unspecified atom stereocenters. The van der Waals surface area contributed by atoms with Crippen LogP contribution >= 0.6 is 0 Å². The summed E-state index contributed by atoms with van der Waals surface area (Å²) in [6.07, 6.45) is -3.46. The van der Waals surface area contributed by atoms with Crippen LogP contribution in [0.4, 0.5) is 17.6 Å². The maximum absolute atomic E-state index is 12.8. The molecule has 0 aliphatic carbocycles. The summed E-state index contributed by atoms with van der Waals surface area (Å²) in [5.41, 5.74) is -0.524. The highest BCUT2D eigenvalue weighted by atomic mass is 19.4. The van der Waals surface area contributed by atoms with Gasteiger partial charge in [-0.3, -0.25) is 4.79 Å². The highest BCUT2D eigenvalue weighted by Crippen LogP contribution is 2.30. The highest BCUT2D eigenvalue weighted by Gasteiger charge is 2.30.